The van der Waals surface area contributed by atoms with Crippen LogP contribution in [0.5, 0.6) is 0 Å². The summed E-state index contributed by atoms with van der Waals surface area (Å²) in [5.41, 5.74) is 0. The number of hydrogen-bond acceptors (Lipinski definition) is 2. The van der Waals surface area contributed by atoms with Crippen LogP contribution in [0.4, 0.5) is 10.6 Å². The molecule has 1 rings (SSSR count). The predicted molar refractivity (Wildman–Crippen MR) is 50.5 cm³/mol. The van der Waals surface area contributed by atoms with Crippen LogP contribution >= 0.6 is 0 Å². The summed E-state index contributed by atoms with van der Waals surface area (Å²) in [6, 6.07) is 1.61. The standard InChI is InChI=1S/C8H14N4O/c1-3-12(4-2)8(13)10-7-5-6-9-11-7/h5-6H,3-4H2,1-2H3,(H2,9,10,11,13). The lowest BCUT2D eigenvalue weighted by Crippen LogP contribution is -2.34. The summed E-state index contributed by atoms with van der Waals surface area (Å²) in [6.45, 7) is 5.29. The number of amides is 2. The summed E-state index contributed by atoms with van der Waals surface area (Å²) in [4.78, 5) is 13.1. The summed E-state index contributed by atoms with van der Waals surface area (Å²) >= 11 is 0. The van der Waals surface area contributed by atoms with Gasteiger partial charge in [-0.3, -0.25) is 10.4 Å². The lowest BCUT2D eigenvalue weighted by Gasteiger charge is -2.18. The topological polar surface area (TPSA) is 61.0 Å². The fourth-order valence-electron chi connectivity index (χ4n) is 1.03. The molecule has 0 atom stereocenters. The van der Waals surface area contributed by atoms with E-state index in [4.69, 9.17) is 0 Å². The molecule has 0 saturated heterocycles. The highest BCUT2D eigenvalue weighted by atomic mass is 16.2. The molecule has 0 bridgehead atoms. The quantitative estimate of drug-likeness (QED) is 0.739. The molecular weight excluding hydrogens is 168 g/mol. The first-order chi connectivity index (χ1) is 6.27. The van der Waals surface area contributed by atoms with Crippen molar-refractivity contribution in [3.8, 4) is 0 Å². The number of rotatable bonds is 3. The Morgan fingerprint density at radius 2 is 2.31 bits per heavy atom. The fraction of sp³-hybridized carbons (Fsp3) is 0.500. The average Bonchev–Trinajstić information content (AvgIpc) is 2.59. The Balaban J connectivity index is 2.49. The summed E-state index contributed by atoms with van der Waals surface area (Å²) < 4.78 is 0. The Morgan fingerprint density at radius 3 is 2.77 bits per heavy atom. The molecule has 13 heavy (non-hydrogen) atoms. The molecule has 5 nitrogen and oxygen atoms in total. The monoisotopic (exact) mass is 182 g/mol. The van der Waals surface area contributed by atoms with Crippen LogP contribution in [-0.2, 0) is 0 Å². The number of anilines is 1. The van der Waals surface area contributed by atoms with Gasteiger partial charge in [0, 0.05) is 19.2 Å². The Bertz CT molecular complexity index is 253. The Hall–Kier alpha value is -1.52. The summed E-state index contributed by atoms with van der Waals surface area (Å²) in [7, 11) is 0. The second kappa shape index (κ2) is 4.49. The highest BCUT2D eigenvalue weighted by Gasteiger charge is 2.08. The SMILES string of the molecule is CCN(CC)C(=O)Nc1ccn[nH]1. The second-order valence-electron chi connectivity index (χ2n) is 2.57. The molecular formula is C8H14N4O. The Morgan fingerprint density at radius 1 is 1.62 bits per heavy atom. The van der Waals surface area contributed by atoms with E-state index in [1.54, 1.807) is 17.2 Å². The van der Waals surface area contributed by atoms with Gasteiger partial charge in [-0.2, -0.15) is 5.10 Å². The molecule has 1 aromatic heterocycles. The van der Waals surface area contributed by atoms with Gasteiger partial charge in [0.2, 0.25) is 0 Å². The molecule has 0 fully saturated rings. The molecule has 0 unspecified atom stereocenters. The molecule has 0 spiro atoms. The normalized spacial score (nSPS) is 9.69. The van der Waals surface area contributed by atoms with Crippen LogP contribution in [0.1, 0.15) is 13.8 Å². The molecule has 0 radical (unpaired) electrons. The molecule has 0 aliphatic carbocycles. The third-order valence-electron chi connectivity index (χ3n) is 1.79. The zero-order valence-electron chi connectivity index (χ0n) is 7.87. The van der Waals surface area contributed by atoms with Gasteiger partial charge in [-0.1, -0.05) is 0 Å². The van der Waals surface area contributed by atoms with E-state index in [1.807, 2.05) is 13.8 Å². The van der Waals surface area contributed by atoms with Gasteiger partial charge in [0.05, 0.1) is 6.20 Å². The second-order valence-corrected chi connectivity index (χ2v) is 2.57. The van der Waals surface area contributed by atoms with Crippen molar-refractivity contribution in [1.82, 2.24) is 15.1 Å². The van der Waals surface area contributed by atoms with E-state index in [2.05, 4.69) is 15.5 Å². The van der Waals surface area contributed by atoms with Gasteiger partial charge in [0.25, 0.3) is 0 Å². The molecule has 0 aliphatic heterocycles. The number of H-pyrrole nitrogens is 1. The minimum Gasteiger partial charge on any atom is -0.325 e. The maximum absolute atomic E-state index is 11.4. The van der Waals surface area contributed by atoms with Crippen LogP contribution < -0.4 is 5.32 Å². The molecule has 5 heteroatoms. The van der Waals surface area contributed by atoms with E-state index in [1.165, 1.54) is 0 Å². The van der Waals surface area contributed by atoms with Gasteiger partial charge < -0.3 is 4.90 Å². The number of carbonyl (C=O) groups excluding carboxylic acids is 1. The maximum Gasteiger partial charge on any atom is 0.322 e. The lowest BCUT2D eigenvalue weighted by molar-refractivity contribution is 0.217. The van der Waals surface area contributed by atoms with Gasteiger partial charge in [-0.15, -0.1) is 0 Å². The van der Waals surface area contributed by atoms with Crippen molar-refractivity contribution in [3.63, 3.8) is 0 Å². The number of carbonyl (C=O) groups is 1. The zero-order chi connectivity index (χ0) is 9.68. The maximum atomic E-state index is 11.4. The third-order valence-corrected chi connectivity index (χ3v) is 1.79. The van der Waals surface area contributed by atoms with Gasteiger partial charge >= 0.3 is 6.03 Å². The molecule has 2 amide bonds. The van der Waals surface area contributed by atoms with Gasteiger partial charge in [0.1, 0.15) is 5.82 Å². The molecule has 0 saturated carbocycles. The van der Waals surface area contributed by atoms with Crippen molar-refractivity contribution in [1.29, 1.82) is 0 Å². The van der Waals surface area contributed by atoms with Crippen LogP contribution in [0.3, 0.4) is 0 Å². The summed E-state index contributed by atoms with van der Waals surface area (Å²) in [5.74, 6) is 0.622. The molecule has 2 N–H and O–H groups in total. The minimum atomic E-state index is -0.103. The van der Waals surface area contributed by atoms with E-state index >= 15 is 0 Å². The van der Waals surface area contributed by atoms with Gasteiger partial charge in [-0.05, 0) is 13.8 Å². The number of hydrogen-bond donors (Lipinski definition) is 2. The minimum absolute atomic E-state index is 0.103. The Labute approximate surface area is 77.1 Å². The fourth-order valence-corrected chi connectivity index (χ4v) is 1.03. The van der Waals surface area contributed by atoms with Crippen molar-refractivity contribution in [2.24, 2.45) is 0 Å². The zero-order valence-corrected chi connectivity index (χ0v) is 7.87. The summed E-state index contributed by atoms with van der Waals surface area (Å²) in [6.07, 6.45) is 1.60. The molecule has 1 heterocycles. The first kappa shape index (κ1) is 9.57. The molecule has 0 aromatic carbocycles. The highest BCUT2D eigenvalue weighted by Crippen LogP contribution is 2.00. The lowest BCUT2D eigenvalue weighted by atomic mass is 10.5. The first-order valence-corrected chi connectivity index (χ1v) is 4.33. The number of aromatic nitrogens is 2. The Kier molecular flexibility index (Phi) is 3.31. The van der Waals surface area contributed by atoms with Crippen LogP contribution in [0.15, 0.2) is 12.3 Å². The van der Waals surface area contributed by atoms with Crippen LogP contribution in [-0.4, -0.2) is 34.2 Å². The average molecular weight is 182 g/mol. The smallest absolute Gasteiger partial charge is 0.322 e. The van der Waals surface area contributed by atoms with Crippen molar-refractivity contribution in [3.05, 3.63) is 12.3 Å². The van der Waals surface area contributed by atoms with E-state index < -0.39 is 0 Å². The van der Waals surface area contributed by atoms with Crippen molar-refractivity contribution < 1.29 is 4.79 Å². The van der Waals surface area contributed by atoms with Crippen LogP contribution in [0, 0.1) is 0 Å². The number of nitrogens with one attached hydrogen (secondary N) is 2. The van der Waals surface area contributed by atoms with E-state index in [9.17, 15) is 4.79 Å². The number of aromatic amines is 1. The van der Waals surface area contributed by atoms with Crippen molar-refractivity contribution in [2.75, 3.05) is 18.4 Å². The van der Waals surface area contributed by atoms with Crippen LogP contribution in [0.25, 0.3) is 0 Å². The third kappa shape index (κ3) is 2.47. The number of nitrogens with zero attached hydrogens (tertiary/aromatic N) is 2. The van der Waals surface area contributed by atoms with E-state index in [0.29, 0.717) is 18.9 Å². The van der Waals surface area contributed by atoms with Gasteiger partial charge in [0.15, 0.2) is 0 Å². The molecule has 72 valence electrons. The van der Waals surface area contributed by atoms with Crippen molar-refractivity contribution >= 4 is 11.8 Å². The number of urea groups is 1. The van der Waals surface area contributed by atoms with Gasteiger partial charge in [-0.25, -0.2) is 4.79 Å². The summed E-state index contributed by atoms with van der Waals surface area (Å²) in [5, 5.41) is 9.08. The molecule has 0 aliphatic rings. The molecule has 1 aromatic rings. The van der Waals surface area contributed by atoms with Crippen LogP contribution in [0.2, 0.25) is 0 Å². The van der Waals surface area contributed by atoms with E-state index in [0.717, 1.165) is 0 Å². The predicted octanol–water partition coefficient (Wildman–Crippen LogP) is 1.28. The van der Waals surface area contributed by atoms with Crippen molar-refractivity contribution in [2.45, 2.75) is 13.8 Å². The van der Waals surface area contributed by atoms with E-state index in [-0.39, 0.29) is 6.03 Å². The highest BCUT2D eigenvalue weighted by molar-refractivity contribution is 5.88. The first-order valence-electron chi connectivity index (χ1n) is 4.33. The largest absolute Gasteiger partial charge is 0.325 e.